The average Bonchev–Trinajstić information content (AvgIpc) is 2.19. The summed E-state index contributed by atoms with van der Waals surface area (Å²) in [6, 6.07) is 4.29. The molecule has 0 unspecified atom stereocenters. The third-order valence-electron chi connectivity index (χ3n) is 2.19. The Morgan fingerprint density at radius 1 is 1.20 bits per heavy atom. The van der Waals surface area contributed by atoms with E-state index in [0.29, 0.717) is 0 Å². The summed E-state index contributed by atoms with van der Waals surface area (Å²) in [6.07, 6.45) is 6.76. The molecule has 0 aliphatic heterocycles. The molecule has 0 aliphatic carbocycles. The van der Waals surface area contributed by atoms with Gasteiger partial charge in [-0.3, -0.25) is 0 Å². The topological polar surface area (TPSA) is 7.12 Å². The summed E-state index contributed by atoms with van der Waals surface area (Å²) in [5, 5.41) is 1.10. The number of nitrogens with zero attached hydrogens (tertiary/aromatic N) is 2. The lowest BCUT2D eigenvalue weighted by Crippen LogP contribution is -3.00. The van der Waals surface area contributed by atoms with E-state index in [1.54, 1.807) is 0 Å². The van der Waals surface area contributed by atoms with Crippen LogP contribution in [0, 0.1) is 0 Å². The first-order valence-corrected chi connectivity index (χ1v) is 6.08. The standard InChI is InChI=1S/C11H18BrN2.BrH/c1-13(2)11-5-9-14(10-6-11)8-4-3-7-12;/h5-6,9-10H,3-4,7-8H2,1-2H3;1H/q+1;/p-1. The van der Waals surface area contributed by atoms with Gasteiger partial charge in [0.1, 0.15) is 6.54 Å². The number of anilines is 1. The molecular formula is C11H18Br2N2. The van der Waals surface area contributed by atoms with Crippen LogP contribution in [0.4, 0.5) is 5.69 Å². The van der Waals surface area contributed by atoms with Crippen LogP contribution in [0.15, 0.2) is 24.5 Å². The monoisotopic (exact) mass is 336 g/mol. The van der Waals surface area contributed by atoms with Crippen molar-refractivity contribution < 1.29 is 21.5 Å². The van der Waals surface area contributed by atoms with E-state index < -0.39 is 0 Å². The van der Waals surface area contributed by atoms with Crippen LogP contribution in [-0.4, -0.2) is 19.4 Å². The molecule has 1 aromatic rings. The van der Waals surface area contributed by atoms with E-state index in [1.165, 1.54) is 18.5 Å². The van der Waals surface area contributed by atoms with E-state index in [2.05, 4.69) is 64.0 Å². The maximum absolute atomic E-state index is 3.44. The summed E-state index contributed by atoms with van der Waals surface area (Å²) < 4.78 is 2.23. The molecule has 2 nitrogen and oxygen atoms in total. The van der Waals surface area contributed by atoms with Gasteiger partial charge in [0.25, 0.3) is 0 Å². The van der Waals surface area contributed by atoms with Gasteiger partial charge in [-0.1, -0.05) is 15.9 Å². The number of hydrogen-bond acceptors (Lipinski definition) is 1. The molecule has 15 heavy (non-hydrogen) atoms. The average molecular weight is 338 g/mol. The minimum absolute atomic E-state index is 0. The highest BCUT2D eigenvalue weighted by molar-refractivity contribution is 9.09. The second-order valence-electron chi connectivity index (χ2n) is 3.58. The molecule has 1 aromatic heterocycles. The molecule has 0 aliphatic rings. The summed E-state index contributed by atoms with van der Waals surface area (Å²) in [7, 11) is 4.12. The smallest absolute Gasteiger partial charge is 0.170 e. The van der Waals surface area contributed by atoms with Crippen molar-refractivity contribution in [2.24, 2.45) is 0 Å². The maximum Gasteiger partial charge on any atom is 0.170 e. The fraction of sp³-hybridized carbons (Fsp3) is 0.545. The van der Waals surface area contributed by atoms with Crippen LogP contribution in [0.1, 0.15) is 12.8 Å². The van der Waals surface area contributed by atoms with E-state index >= 15 is 0 Å². The van der Waals surface area contributed by atoms with Crippen LogP contribution in [0.2, 0.25) is 0 Å². The van der Waals surface area contributed by atoms with Crippen molar-refractivity contribution in [2.45, 2.75) is 19.4 Å². The first-order valence-electron chi connectivity index (χ1n) is 4.96. The Morgan fingerprint density at radius 3 is 2.27 bits per heavy atom. The fourth-order valence-corrected chi connectivity index (χ4v) is 1.68. The van der Waals surface area contributed by atoms with Gasteiger partial charge >= 0.3 is 0 Å². The summed E-state index contributed by atoms with van der Waals surface area (Å²) in [4.78, 5) is 2.11. The Morgan fingerprint density at radius 2 is 1.80 bits per heavy atom. The van der Waals surface area contributed by atoms with Gasteiger partial charge < -0.3 is 21.9 Å². The van der Waals surface area contributed by atoms with Crippen LogP contribution in [0.5, 0.6) is 0 Å². The highest BCUT2D eigenvalue weighted by Crippen LogP contribution is 2.06. The van der Waals surface area contributed by atoms with Crippen molar-refractivity contribution in [1.82, 2.24) is 0 Å². The highest BCUT2D eigenvalue weighted by Gasteiger charge is 2.01. The minimum atomic E-state index is 0. The number of aromatic nitrogens is 1. The minimum Gasteiger partial charge on any atom is -1.00 e. The number of rotatable bonds is 5. The molecule has 0 aromatic carbocycles. The predicted octanol–water partition coefficient (Wildman–Crippen LogP) is -0.781. The summed E-state index contributed by atoms with van der Waals surface area (Å²) in [5.41, 5.74) is 1.25. The molecule has 4 heteroatoms. The largest absolute Gasteiger partial charge is 1.00 e. The molecule has 0 radical (unpaired) electrons. The van der Waals surface area contributed by atoms with Gasteiger partial charge in [-0.05, 0) is 6.42 Å². The first-order chi connectivity index (χ1) is 6.74. The van der Waals surface area contributed by atoms with E-state index in [4.69, 9.17) is 0 Å². The molecule has 86 valence electrons. The van der Waals surface area contributed by atoms with Crippen molar-refractivity contribution in [1.29, 1.82) is 0 Å². The van der Waals surface area contributed by atoms with E-state index in [-0.39, 0.29) is 17.0 Å². The van der Waals surface area contributed by atoms with Crippen molar-refractivity contribution in [3.05, 3.63) is 24.5 Å². The number of alkyl halides is 1. The van der Waals surface area contributed by atoms with Gasteiger partial charge in [-0.2, -0.15) is 0 Å². The van der Waals surface area contributed by atoms with Gasteiger partial charge in [0, 0.05) is 43.7 Å². The normalized spacial score (nSPS) is 9.53. The number of aryl methyl sites for hydroxylation is 1. The lowest BCUT2D eigenvalue weighted by atomic mass is 10.3. The second kappa shape index (κ2) is 8.11. The highest BCUT2D eigenvalue weighted by atomic mass is 79.9. The van der Waals surface area contributed by atoms with Crippen LogP contribution < -0.4 is 26.4 Å². The first kappa shape index (κ1) is 14.9. The van der Waals surface area contributed by atoms with Gasteiger partial charge in [0.15, 0.2) is 12.4 Å². The van der Waals surface area contributed by atoms with Crippen molar-refractivity contribution >= 4 is 21.6 Å². The van der Waals surface area contributed by atoms with Gasteiger partial charge in [-0.25, -0.2) is 4.57 Å². The number of pyridine rings is 1. The number of unbranched alkanes of at least 4 members (excludes halogenated alkanes) is 1. The fourth-order valence-electron chi connectivity index (χ4n) is 1.29. The molecule has 0 spiro atoms. The molecule has 0 bridgehead atoms. The molecule has 1 heterocycles. The zero-order valence-electron chi connectivity index (χ0n) is 9.29. The summed E-state index contributed by atoms with van der Waals surface area (Å²) in [6.45, 7) is 1.11. The Kier molecular flexibility index (Phi) is 8.06. The molecule has 0 fully saturated rings. The zero-order valence-corrected chi connectivity index (χ0v) is 12.5. The van der Waals surface area contributed by atoms with Crippen molar-refractivity contribution in [3.8, 4) is 0 Å². The molecule has 0 saturated heterocycles. The molecule has 0 N–H and O–H groups in total. The molecule has 0 atom stereocenters. The Hall–Kier alpha value is -0.0900. The predicted molar refractivity (Wildman–Crippen MR) is 64.0 cm³/mol. The Balaban J connectivity index is 0.00000196. The van der Waals surface area contributed by atoms with Gasteiger partial charge in [-0.15, -0.1) is 0 Å². The quantitative estimate of drug-likeness (QED) is 0.388. The Labute approximate surface area is 111 Å². The lowest BCUT2D eigenvalue weighted by Gasteiger charge is -2.10. The number of halogens is 2. The van der Waals surface area contributed by atoms with Crippen LogP contribution in [0.25, 0.3) is 0 Å². The molecule has 1 rings (SSSR count). The lowest BCUT2D eigenvalue weighted by molar-refractivity contribution is -0.697. The van der Waals surface area contributed by atoms with E-state index in [0.717, 1.165) is 11.9 Å². The van der Waals surface area contributed by atoms with Crippen molar-refractivity contribution in [3.63, 3.8) is 0 Å². The maximum atomic E-state index is 3.44. The zero-order chi connectivity index (χ0) is 10.4. The SMILES string of the molecule is CN(C)c1cc[n+](CCCCBr)cc1.[Br-]. The van der Waals surface area contributed by atoms with Gasteiger partial charge in [0.05, 0.1) is 0 Å². The van der Waals surface area contributed by atoms with E-state index in [9.17, 15) is 0 Å². The Bertz CT molecular complexity index is 260. The third-order valence-corrected chi connectivity index (χ3v) is 2.75. The summed E-state index contributed by atoms with van der Waals surface area (Å²) >= 11 is 3.44. The molecule has 0 saturated carbocycles. The van der Waals surface area contributed by atoms with E-state index in [1.807, 2.05) is 0 Å². The third kappa shape index (κ3) is 5.52. The van der Waals surface area contributed by atoms with Crippen LogP contribution in [0.3, 0.4) is 0 Å². The number of hydrogen-bond donors (Lipinski definition) is 0. The van der Waals surface area contributed by atoms with Crippen LogP contribution >= 0.6 is 15.9 Å². The van der Waals surface area contributed by atoms with Crippen molar-refractivity contribution in [2.75, 3.05) is 24.3 Å². The second-order valence-corrected chi connectivity index (χ2v) is 4.38. The van der Waals surface area contributed by atoms with Gasteiger partial charge in [0.2, 0.25) is 0 Å². The van der Waals surface area contributed by atoms with Crippen LogP contribution in [-0.2, 0) is 6.54 Å². The molecular weight excluding hydrogens is 320 g/mol. The molecule has 0 amide bonds. The summed E-state index contributed by atoms with van der Waals surface area (Å²) in [5.74, 6) is 0.